The molecule has 2 heterocycles. The highest BCUT2D eigenvalue weighted by Crippen LogP contribution is 2.24. The zero-order chi connectivity index (χ0) is 15.0. The van der Waals surface area contributed by atoms with Gasteiger partial charge in [0.2, 0.25) is 10.0 Å². The van der Waals surface area contributed by atoms with E-state index in [0.717, 1.165) is 18.7 Å². The van der Waals surface area contributed by atoms with E-state index >= 15 is 0 Å². The van der Waals surface area contributed by atoms with Crippen molar-refractivity contribution in [2.45, 2.75) is 37.2 Å². The molecule has 0 amide bonds. The van der Waals surface area contributed by atoms with Crippen molar-refractivity contribution in [3.8, 4) is 0 Å². The molecule has 1 aromatic heterocycles. The Morgan fingerprint density at radius 2 is 2.19 bits per heavy atom. The molecule has 1 aliphatic rings. The maximum Gasteiger partial charge on any atom is 0.241 e. The van der Waals surface area contributed by atoms with E-state index in [2.05, 4.69) is 9.82 Å². The molecule has 0 radical (unpaired) electrons. The van der Waals surface area contributed by atoms with Crippen molar-refractivity contribution >= 4 is 21.6 Å². The summed E-state index contributed by atoms with van der Waals surface area (Å²) in [5, 5.41) is 4.65. The molecule has 1 aromatic carbocycles. The number of benzene rings is 1. The molecule has 0 saturated heterocycles. The molecule has 0 aliphatic carbocycles. The van der Waals surface area contributed by atoms with Crippen LogP contribution in [0.1, 0.15) is 17.7 Å². The van der Waals surface area contributed by atoms with Crippen molar-refractivity contribution in [3.63, 3.8) is 0 Å². The summed E-state index contributed by atoms with van der Waals surface area (Å²) >= 11 is 6.01. The largest absolute Gasteiger partial charge is 0.269 e. The number of nitrogens with zero attached hydrogens (tertiary/aromatic N) is 2. The Bertz CT molecular complexity index is 770. The molecule has 0 fully saturated rings. The molecule has 1 atom stereocenters. The van der Waals surface area contributed by atoms with Crippen LogP contribution < -0.4 is 4.72 Å². The van der Waals surface area contributed by atoms with Crippen LogP contribution in [0.2, 0.25) is 5.02 Å². The molecule has 1 aliphatic heterocycles. The standard InChI is InChI=1S/C14H16ClN3O2S/c1-10-13(15)3-2-4-14(10)21(19,20)17-11-6-8-18-12(9-11)5-7-16-18/h2-5,7,11,17H,6,8-9H2,1H3. The third-order valence-electron chi connectivity index (χ3n) is 3.78. The maximum atomic E-state index is 12.5. The Morgan fingerprint density at radius 3 is 3.00 bits per heavy atom. The van der Waals surface area contributed by atoms with Crippen LogP contribution in [-0.4, -0.2) is 24.2 Å². The van der Waals surface area contributed by atoms with Gasteiger partial charge in [-0.2, -0.15) is 5.10 Å². The van der Waals surface area contributed by atoms with Gasteiger partial charge >= 0.3 is 0 Å². The zero-order valence-electron chi connectivity index (χ0n) is 11.6. The quantitative estimate of drug-likeness (QED) is 0.940. The van der Waals surface area contributed by atoms with Gasteiger partial charge in [-0.05, 0) is 37.1 Å². The summed E-state index contributed by atoms with van der Waals surface area (Å²) < 4.78 is 29.8. The lowest BCUT2D eigenvalue weighted by molar-refractivity contribution is 0.414. The summed E-state index contributed by atoms with van der Waals surface area (Å²) in [4.78, 5) is 0.245. The molecule has 0 spiro atoms. The highest BCUT2D eigenvalue weighted by atomic mass is 35.5. The topological polar surface area (TPSA) is 64.0 Å². The Labute approximate surface area is 129 Å². The molecular weight excluding hydrogens is 310 g/mol. The van der Waals surface area contributed by atoms with E-state index in [1.807, 2.05) is 10.7 Å². The SMILES string of the molecule is Cc1c(Cl)cccc1S(=O)(=O)NC1CCn2nccc2C1. The van der Waals surface area contributed by atoms with Crippen LogP contribution in [0.15, 0.2) is 35.4 Å². The van der Waals surface area contributed by atoms with Crippen LogP contribution in [0, 0.1) is 6.92 Å². The minimum absolute atomic E-state index is 0.113. The predicted octanol–water partition coefficient (Wildman–Crippen LogP) is 2.14. The third-order valence-corrected chi connectivity index (χ3v) is 5.85. The Balaban J connectivity index is 1.83. The highest BCUT2D eigenvalue weighted by molar-refractivity contribution is 7.89. The van der Waals surface area contributed by atoms with E-state index < -0.39 is 10.0 Å². The minimum Gasteiger partial charge on any atom is -0.269 e. The Kier molecular flexibility index (Phi) is 3.77. The van der Waals surface area contributed by atoms with Crippen molar-refractivity contribution in [1.29, 1.82) is 0 Å². The molecule has 0 saturated carbocycles. The first kappa shape index (κ1) is 14.6. The second-order valence-electron chi connectivity index (χ2n) is 5.22. The van der Waals surface area contributed by atoms with Gasteiger partial charge in [-0.1, -0.05) is 17.7 Å². The van der Waals surface area contributed by atoms with E-state index in [1.54, 1.807) is 31.3 Å². The van der Waals surface area contributed by atoms with Crippen LogP contribution in [0.25, 0.3) is 0 Å². The lowest BCUT2D eigenvalue weighted by atomic mass is 10.1. The number of aromatic nitrogens is 2. The number of nitrogens with one attached hydrogen (secondary N) is 1. The van der Waals surface area contributed by atoms with Gasteiger partial charge in [-0.15, -0.1) is 0 Å². The van der Waals surface area contributed by atoms with Crippen molar-refractivity contribution < 1.29 is 8.42 Å². The summed E-state index contributed by atoms with van der Waals surface area (Å²) in [5.74, 6) is 0. The number of halogens is 1. The first-order chi connectivity index (χ1) is 9.97. The van der Waals surface area contributed by atoms with Gasteiger partial charge in [0.1, 0.15) is 0 Å². The van der Waals surface area contributed by atoms with Crippen molar-refractivity contribution in [3.05, 3.63) is 46.7 Å². The summed E-state index contributed by atoms with van der Waals surface area (Å²) in [6.45, 7) is 2.44. The smallest absolute Gasteiger partial charge is 0.241 e. The number of hydrogen-bond donors (Lipinski definition) is 1. The molecule has 7 heteroatoms. The summed E-state index contributed by atoms with van der Waals surface area (Å²) in [7, 11) is -3.56. The van der Waals surface area contributed by atoms with Gasteiger partial charge in [-0.3, -0.25) is 4.68 Å². The van der Waals surface area contributed by atoms with Gasteiger partial charge in [0.05, 0.1) is 4.90 Å². The minimum atomic E-state index is -3.56. The molecular formula is C14H16ClN3O2S. The highest BCUT2D eigenvalue weighted by Gasteiger charge is 2.26. The number of fused-ring (bicyclic) bond motifs is 1. The van der Waals surface area contributed by atoms with E-state index in [1.165, 1.54) is 0 Å². The van der Waals surface area contributed by atoms with E-state index in [4.69, 9.17) is 11.6 Å². The number of sulfonamides is 1. The Morgan fingerprint density at radius 1 is 1.38 bits per heavy atom. The van der Waals surface area contributed by atoms with E-state index in [-0.39, 0.29) is 10.9 Å². The van der Waals surface area contributed by atoms with Gasteiger partial charge in [-0.25, -0.2) is 13.1 Å². The normalized spacial score (nSPS) is 18.5. The average Bonchev–Trinajstić information content (AvgIpc) is 2.88. The van der Waals surface area contributed by atoms with Gasteiger partial charge < -0.3 is 0 Å². The number of aryl methyl sites for hydroxylation is 1. The molecule has 3 rings (SSSR count). The van der Waals surface area contributed by atoms with E-state index in [9.17, 15) is 8.42 Å². The molecule has 1 N–H and O–H groups in total. The summed E-state index contributed by atoms with van der Waals surface area (Å²) in [6, 6.07) is 6.73. The molecule has 1 unspecified atom stereocenters. The van der Waals surface area contributed by atoms with Crippen LogP contribution in [0.3, 0.4) is 0 Å². The van der Waals surface area contributed by atoms with E-state index in [0.29, 0.717) is 17.0 Å². The predicted molar refractivity (Wildman–Crippen MR) is 80.8 cm³/mol. The van der Waals surface area contributed by atoms with Crippen LogP contribution in [0.4, 0.5) is 0 Å². The van der Waals surface area contributed by atoms with Gasteiger partial charge in [0.25, 0.3) is 0 Å². The molecule has 2 aromatic rings. The fraction of sp³-hybridized carbons (Fsp3) is 0.357. The van der Waals surface area contributed by atoms with Crippen molar-refractivity contribution in [1.82, 2.24) is 14.5 Å². The van der Waals surface area contributed by atoms with Gasteiger partial charge in [0.15, 0.2) is 0 Å². The van der Waals surface area contributed by atoms with Gasteiger partial charge in [0, 0.05) is 35.9 Å². The number of hydrogen-bond acceptors (Lipinski definition) is 3. The lowest BCUT2D eigenvalue weighted by Gasteiger charge is -2.24. The first-order valence-corrected chi connectivity index (χ1v) is 8.61. The second kappa shape index (κ2) is 5.44. The summed E-state index contributed by atoms with van der Waals surface area (Å²) in [6.07, 6.45) is 3.12. The maximum absolute atomic E-state index is 12.5. The molecule has 0 bridgehead atoms. The lowest BCUT2D eigenvalue weighted by Crippen LogP contribution is -2.40. The monoisotopic (exact) mass is 325 g/mol. The number of rotatable bonds is 3. The zero-order valence-corrected chi connectivity index (χ0v) is 13.2. The molecule has 5 nitrogen and oxygen atoms in total. The van der Waals surface area contributed by atoms with Crippen LogP contribution in [0.5, 0.6) is 0 Å². The third kappa shape index (κ3) is 2.84. The first-order valence-electron chi connectivity index (χ1n) is 6.75. The molecule has 21 heavy (non-hydrogen) atoms. The fourth-order valence-corrected chi connectivity index (χ4v) is 4.40. The summed E-state index contributed by atoms with van der Waals surface area (Å²) in [5.41, 5.74) is 1.63. The van der Waals surface area contributed by atoms with Crippen molar-refractivity contribution in [2.24, 2.45) is 0 Å². The average molecular weight is 326 g/mol. The van der Waals surface area contributed by atoms with Crippen LogP contribution >= 0.6 is 11.6 Å². The second-order valence-corrected chi connectivity index (χ2v) is 7.31. The molecule has 112 valence electrons. The van der Waals surface area contributed by atoms with Crippen molar-refractivity contribution in [2.75, 3.05) is 0 Å². The fourth-order valence-electron chi connectivity index (χ4n) is 2.63. The van der Waals surface area contributed by atoms with Crippen LogP contribution in [-0.2, 0) is 23.0 Å². The Hall–Kier alpha value is -1.37.